The predicted molar refractivity (Wildman–Crippen MR) is 255 cm³/mol. The van der Waals surface area contributed by atoms with E-state index in [0.29, 0.717) is 43.1 Å². The number of hydrogen-bond acceptors (Lipinski definition) is 15. The van der Waals surface area contributed by atoms with Crippen LogP contribution in [0.3, 0.4) is 0 Å². The van der Waals surface area contributed by atoms with E-state index in [4.69, 9.17) is 33.2 Å². The lowest BCUT2D eigenvalue weighted by atomic mass is 9.80. The Hall–Kier alpha value is -6.52. The maximum atomic E-state index is 13.6. The van der Waals surface area contributed by atoms with Crippen molar-refractivity contribution < 1.29 is 71.5 Å². The third-order valence-corrected chi connectivity index (χ3v) is 13.1. The second kappa shape index (κ2) is 28.2. The summed E-state index contributed by atoms with van der Waals surface area (Å²) in [6.07, 6.45) is 14.4. The van der Waals surface area contributed by atoms with E-state index in [1.54, 1.807) is 11.0 Å². The van der Waals surface area contributed by atoms with Crippen LogP contribution in [0, 0.1) is 23.7 Å². The van der Waals surface area contributed by atoms with Crippen LogP contribution >= 0.6 is 0 Å². The average molecular weight is 973 g/mol. The third-order valence-electron chi connectivity index (χ3n) is 13.1. The molecule has 2 aliphatic carbocycles. The lowest BCUT2D eigenvalue weighted by Crippen LogP contribution is -2.51. The second-order valence-electron chi connectivity index (χ2n) is 18.0. The highest BCUT2D eigenvalue weighted by Crippen LogP contribution is 2.35. The minimum atomic E-state index is -0.896. The molecule has 2 aromatic carbocycles. The Balaban J connectivity index is 1.19. The number of carbonyl (C=O) groups excluding carboxylic acids is 8. The third kappa shape index (κ3) is 16.9. The zero-order valence-electron chi connectivity index (χ0n) is 40.6. The van der Waals surface area contributed by atoms with Crippen molar-refractivity contribution in [2.45, 2.75) is 110 Å². The molecule has 2 aromatic rings. The molecule has 0 N–H and O–H groups in total. The molecule has 1 saturated heterocycles. The van der Waals surface area contributed by atoms with Crippen molar-refractivity contribution >= 4 is 47.8 Å². The number of ether oxygens (including phenoxy) is 7. The maximum absolute atomic E-state index is 13.6. The minimum absolute atomic E-state index is 0.00375. The first-order valence-electron chi connectivity index (χ1n) is 24.7. The molecule has 0 atom stereocenters. The van der Waals surface area contributed by atoms with E-state index in [9.17, 15) is 38.4 Å². The zero-order valence-corrected chi connectivity index (χ0v) is 40.6. The van der Waals surface area contributed by atoms with Crippen LogP contribution in [0.25, 0.3) is 0 Å². The van der Waals surface area contributed by atoms with Crippen molar-refractivity contribution in [3.8, 4) is 17.2 Å². The van der Waals surface area contributed by atoms with Crippen LogP contribution in [0.1, 0.15) is 130 Å². The fourth-order valence-electron chi connectivity index (χ4n) is 8.92. The highest BCUT2D eigenvalue weighted by Gasteiger charge is 2.32. The standard InChI is InChI=1S/C53H68N2O15/c1-5-9-11-36-13-18-39(19-14-36)49(59)69-44-23-17-38(33-42(44)51(61)66-31-29-64-47(57)7-3)34-46(56)54-25-27-55(28-26-54)53(63)68-41-22-24-45(43(35-41)52(62)67-32-30-65-48(58)8-4)70-50(60)40-20-15-37(16-21-40)12-10-6-2/h7-8,17,22-24,33,35-37,39-40H,3-6,9-16,18-21,25-32,34H2,1-2H3. The number of amides is 2. The van der Waals surface area contributed by atoms with Gasteiger partial charge in [0.05, 0.1) is 18.3 Å². The van der Waals surface area contributed by atoms with Crippen molar-refractivity contribution in [1.82, 2.24) is 9.80 Å². The smallest absolute Gasteiger partial charge is 0.415 e. The van der Waals surface area contributed by atoms with Gasteiger partial charge in [0, 0.05) is 38.3 Å². The quantitative estimate of drug-likeness (QED) is 0.0338. The molecule has 3 fully saturated rings. The van der Waals surface area contributed by atoms with Crippen LogP contribution in [0.4, 0.5) is 4.79 Å². The zero-order chi connectivity index (χ0) is 50.4. The molecular formula is C53H68N2O15. The molecule has 380 valence electrons. The first kappa shape index (κ1) is 54.4. The van der Waals surface area contributed by atoms with E-state index >= 15 is 0 Å². The fraction of sp³-hybridized carbons (Fsp3) is 0.547. The molecule has 17 nitrogen and oxygen atoms in total. The second-order valence-corrected chi connectivity index (χ2v) is 18.0. The maximum Gasteiger partial charge on any atom is 0.415 e. The van der Waals surface area contributed by atoms with Crippen molar-refractivity contribution in [2.24, 2.45) is 23.7 Å². The van der Waals surface area contributed by atoms with Gasteiger partial charge in [0.25, 0.3) is 0 Å². The Bertz CT molecular complexity index is 2010. The van der Waals surface area contributed by atoms with Gasteiger partial charge in [0.1, 0.15) is 54.8 Å². The first-order chi connectivity index (χ1) is 33.8. The first-order valence-corrected chi connectivity index (χ1v) is 24.7. The van der Waals surface area contributed by atoms with Crippen LogP contribution in [0.15, 0.2) is 61.7 Å². The van der Waals surface area contributed by atoms with Crippen molar-refractivity contribution in [3.63, 3.8) is 0 Å². The molecule has 1 aliphatic heterocycles. The number of esters is 6. The summed E-state index contributed by atoms with van der Waals surface area (Å²) >= 11 is 0. The normalized spacial score (nSPS) is 18.9. The number of rotatable bonds is 23. The molecule has 1 heterocycles. The molecule has 17 heteroatoms. The highest BCUT2D eigenvalue weighted by atomic mass is 16.6. The molecule has 5 rings (SSSR count). The summed E-state index contributed by atoms with van der Waals surface area (Å²) < 4.78 is 37.7. The predicted octanol–water partition coefficient (Wildman–Crippen LogP) is 8.15. The fourth-order valence-corrected chi connectivity index (χ4v) is 8.92. The molecular weight excluding hydrogens is 905 g/mol. The molecule has 0 spiro atoms. The van der Waals surface area contributed by atoms with Crippen LogP contribution in [-0.4, -0.2) is 110 Å². The lowest BCUT2D eigenvalue weighted by molar-refractivity contribution is -0.141. The summed E-state index contributed by atoms with van der Waals surface area (Å²) in [7, 11) is 0. The van der Waals surface area contributed by atoms with Gasteiger partial charge in [0.2, 0.25) is 5.91 Å². The van der Waals surface area contributed by atoms with Gasteiger partial charge in [-0.1, -0.05) is 71.6 Å². The summed E-state index contributed by atoms with van der Waals surface area (Å²) in [5.41, 5.74) is 0.219. The summed E-state index contributed by atoms with van der Waals surface area (Å²) in [6.45, 7) is 10.5. The van der Waals surface area contributed by atoms with Gasteiger partial charge in [0.15, 0.2) is 0 Å². The average Bonchev–Trinajstić information content (AvgIpc) is 3.38. The SMILES string of the molecule is C=CC(=O)OCCOC(=O)c1cc(CC(=O)N2CCN(C(=O)Oc3ccc(OC(=O)C4CCC(CCCC)CC4)c(C(=O)OCCOC(=O)C=C)c3)CC2)ccc1OC(=O)C1CCC(CCCC)CC1. The Kier molecular flexibility index (Phi) is 21.9. The molecule has 2 saturated carbocycles. The van der Waals surface area contributed by atoms with E-state index < -0.39 is 41.9 Å². The Labute approximate surface area is 410 Å². The van der Waals surface area contributed by atoms with Gasteiger partial charge in [-0.15, -0.1) is 0 Å². The monoisotopic (exact) mass is 972 g/mol. The Morgan fingerprint density at radius 2 is 1.00 bits per heavy atom. The number of carbonyl (C=O) groups is 8. The largest absolute Gasteiger partial charge is 0.459 e. The lowest BCUT2D eigenvalue weighted by Gasteiger charge is -2.34. The molecule has 0 bridgehead atoms. The van der Waals surface area contributed by atoms with Crippen molar-refractivity contribution in [3.05, 3.63) is 78.4 Å². The van der Waals surface area contributed by atoms with E-state index in [2.05, 4.69) is 27.0 Å². The van der Waals surface area contributed by atoms with Gasteiger partial charge in [-0.05, 0) is 99.1 Å². The van der Waals surface area contributed by atoms with Gasteiger partial charge < -0.3 is 43.0 Å². The van der Waals surface area contributed by atoms with Gasteiger partial charge in [-0.25, -0.2) is 24.0 Å². The van der Waals surface area contributed by atoms with E-state index in [0.717, 1.165) is 76.4 Å². The number of unbranched alkanes of at least 4 members (excludes halogenated alkanes) is 2. The Morgan fingerprint density at radius 1 is 0.557 bits per heavy atom. The Morgan fingerprint density at radius 3 is 1.47 bits per heavy atom. The van der Waals surface area contributed by atoms with Crippen LogP contribution in [0.2, 0.25) is 0 Å². The van der Waals surface area contributed by atoms with Gasteiger partial charge in [-0.3, -0.25) is 14.4 Å². The number of nitrogens with zero attached hydrogens (tertiary/aromatic N) is 2. The van der Waals surface area contributed by atoms with Crippen molar-refractivity contribution in [2.75, 3.05) is 52.6 Å². The van der Waals surface area contributed by atoms with Crippen LogP contribution in [-0.2, 0) is 49.3 Å². The van der Waals surface area contributed by atoms with Crippen LogP contribution < -0.4 is 14.2 Å². The van der Waals surface area contributed by atoms with E-state index in [1.165, 1.54) is 35.2 Å². The molecule has 70 heavy (non-hydrogen) atoms. The minimum Gasteiger partial charge on any atom is -0.459 e. The number of hydrogen-bond donors (Lipinski definition) is 0. The topological polar surface area (TPSA) is 208 Å². The number of piperazine rings is 1. The molecule has 0 unspecified atom stereocenters. The van der Waals surface area contributed by atoms with E-state index in [1.807, 2.05) is 0 Å². The van der Waals surface area contributed by atoms with Crippen LogP contribution in [0.5, 0.6) is 17.2 Å². The van der Waals surface area contributed by atoms with Gasteiger partial charge >= 0.3 is 41.9 Å². The molecule has 2 amide bonds. The summed E-state index contributed by atoms with van der Waals surface area (Å²) in [5.74, 6) is -3.87. The van der Waals surface area contributed by atoms with E-state index in [-0.39, 0.29) is 105 Å². The summed E-state index contributed by atoms with van der Waals surface area (Å²) in [5, 5.41) is 0. The molecule has 0 radical (unpaired) electrons. The highest BCUT2D eigenvalue weighted by molar-refractivity contribution is 5.95. The molecule has 0 aromatic heterocycles. The van der Waals surface area contributed by atoms with Gasteiger partial charge in [-0.2, -0.15) is 0 Å². The number of benzene rings is 2. The summed E-state index contributed by atoms with van der Waals surface area (Å²) in [4.78, 5) is 106. The van der Waals surface area contributed by atoms with Crippen molar-refractivity contribution in [1.29, 1.82) is 0 Å². The summed E-state index contributed by atoms with van der Waals surface area (Å²) in [6, 6.07) is 8.53. The molecule has 3 aliphatic rings.